The number of rotatable bonds is 7. The van der Waals surface area contributed by atoms with E-state index in [-0.39, 0.29) is 0 Å². The minimum atomic E-state index is 0.446. The third-order valence-corrected chi connectivity index (χ3v) is 3.40. The largest absolute Gasteiger partial charge is 0.377 e. The van der Waals surface area contributed by atoms with Gasteiger partial charge in [0.05, 0.1) is 6.10 Å². The molecule has 1 saturated heterocycles. The first kappa shape index (κ1) is 13.9. The second-order valence-electron chi connectivity index (χ2n) is 5.24. The maximum absolute atomic E-state index is 5.89. The Balaban J connectivity index is 2.42. The molecule has 3 nitrogen and oxygen atoms in total. The molecule has 2 atom stereocenters. The first-order chi connectivity index (χ1) is 7.67. The lowest BCUT2D eigenvalue weighted by Gasteiger charge is -2.32. The van der Waals surface area contributed by atoms with Crippen LogP contribution in [0.1, 0.15) is 40.0 Å². The van der Waals surface area contributed by atoms with Crippen molar-refractivity contribution in [2.24, 2.45) is 11.7 Å². The lowest BCUT2D eigenvalue weighted by molar-refractivity contribution is 0.0564. The number of nitrogens with zero attached hydrogens (tertiary/aromatic N) is 1. The van der Waals surface area contributed by atoms with Crippen LogP contribution in [0.5, 0.6) is 0 Å². The van der Waals surface area contributed by atoms with E-state index in [2.05, 4.69) is 25.7 Å². The normalized spacial score (nSPS) is 23.2. The van der Waals surface area contributed by atoms with Gasteiger partial charge < -0.3 is 10.5 Å². The van der Waals surface area contributed by atoms with Gasteiger partial charge in [0.25, 0.3) is 0 Å². The Labute approximate surface area is 100 Å². The average molecular weight is 228 g/mol. The van der Waals surface area contributed by atoms with E-state index in [0.29, 0.717) is 18.1 Å². The molecule has 1 heterocycles. The molecule has 0 aliphatic carbocycles. The second-order valence-corrected chi connectivity index (χ2v) is 5.24. The summed E-state index contributed by atoms with van der Waals surface area (Å²) in [6, 6.07) is 0.522. The predicted molar refractivity (Wildman–Crippen MR) is 68.5 cm³/mol. The van der Waals surface area contributed by atoms with Crippen molar-refractivity contribution in [3.05, 3.63) is 0 Å². The fourth-order valence-electron chi connectivity index (χ4n) is 2.52. The molecule has 1 aliphatic heterocycles. The van der Waals surface area contributed by atoms with Crippen LogP contribution in [0, 0.1) is 5.92 Å². The Morgan fingerprint density at radius 2 is 2.19 bits per heavy atom. The Hall–Kier alpha value is -0.120. The lowest BCUT2D eigenvalue weighted by atomic mass is 10.0. The molecule has 0 spiro atoms. The van der Waals surface area contributed by atoms with Crippen molar-refractivity contribution in [3.8, 4) is 0 Å². The molecule has 0 bridgehead atoms. The zero-order chi connectivity index (χ0) is 12.0. The van der Waals surface area contributed by atoms with Crippen LogP contribution in [-0.4, -0.2) is 43.3 Å². The standard InChI is InChI=1S/C13H28N2O/c1-4-15(10-13-6-5-7-16-13)12(9-14)8-11(2)3/h11-13H,4-10,14H2,1-3H3. The van der Waals surface area contributed by atoms with Crippen LogP contribution < -0.4 is 5.73 Å². The van der Waals surface area contributed by atoms with E-state index in [1.54, 1.807) is 0 Å². The van der Waals surface area contributed by atoms with Crippen molar-refractivity contribution >= 4 is 0 Å². The van der Waals surface area contributed by atoms with Gasteiger partial charge in [0.1, 0.15) is 0 Å². The summed E-state index contributed by atoms with van der Waals surface area (Å²) in [5.41, 5.74) is 5.89. The van der Waals surface area contributed by atoms with Crippen molar-refractivity contribution in [2.75, 3.05) is 26.2 Å². The highest BCUT2D eigenvalue weighted by Crippen LogP contribution is 2.17. The smallest absolute Gasteiger partial charge is 0.0702 e. The van der Waals surface area contributed by atoms with Gasteiger partial charge in [-0.2, -0.15) is 0 Å². The molecule has 1 rings (SSSR count). The summed E-state index contributed by atoms with van der Waals surface area (Å²) in [7, 11) is 0. The Morgan fingerprint density at radius 3 is 2.62 bits per heavy atom. The fraction of sp³-hybridized carbons (Fsp3) is 1.00. The number of hydrogen-bond acceptors (Lipinski definition) is 3. The highest BCUT2D eigenvalue weighted by Gasteiger charge is 2.23. The Morgan fingerprint density at radius 1 is 1.44 bits per heavy atom. The van der Waals surface area contributed by atoms with Crippen LogP contribution in [0.15, 0.2) is 0 Å². The van der Waals surface area contributed by atoms with Crippen LogP contribution in [0.2, 0.25) is 0 Å². The molecule has 0 aromatic carbocycles. The molecule has 0 aromatic heterocycles. The summed E-state index contributed by atoms with van der Waals surface area (Å²) in [6.07, 6.45) is 4.08. The van der Waals surface area contributed by atoms with E-state index >= 15 is 0 Å². The molecule has 0 radical (unpaired) electrons. The summed E-state index contributed by atoms with van der Waals surface area (Å²) in [5, 5.41) is 0. The summed E-state index contributed by atoms with van der Waals surface area (Å²) in [5.74, 6) is 0.715. The van der Waals surface area contributed by atoms with Gasteiger partial charge in [-0.15, -0.1) is 0 Å². The number of nitrogens with two attached hydrogens (primary N) is 1. The van der Waals surface area contributed by atoms with Gasteiger partial charge in [-0.1, -0.05) is 20.8 Å². The highest BCUT2D eigenvalue weighted by atomic mass is 16.5. The Kier molecular flexibility index (Phi) is 6.32. The van der Waals surface area contributed by atoms with Gasteiger partial charge in [-0.05, 0) is 31.7 Å². The third kappa shape index (κ3) is 4.40. The van der Waals surface area contributed by atoms with Gasteiger partial charge >= 0.3 is 0 Å². The van der Waals surface area contributed by atoms with E-state index in [1.165, 1.54) is 19.3 Å². The lowest BCUT2D eigenvalue weighted by Crippen LogP contribution is -2.45. The van der Waals surface area contributed by atoms with Crippen LogP contribution in [0.25, 0.3) is 0 Å². The van der Waals surface area contributed by atoms with Gasteiger partial charge in [0, 0.05) is 25.7 Å². The number of likely N-dealkylation sites (N-methyl/N-ethyl adjacent to an activating group) is 1. The fourth-order valence-corrected chi connectivity index (χ4v) is 2.52. The molecule has 0 aromatic rings. The van der Waals surface area contributed by atoms with Gasteiger partial charge in [-0.25, -0.2) is 0 Å². The molecule has 0 amide bonds. The monoisotopic (exact) mass is 228 g/mol. The summed E-state index contributed by atoms with van der Waals surface area (Å²) < 4.78 is 5.70. The van der Waals surface area contributed by atoms with Gasteiger partial charge in [0.2, 0.25) is 0 Å². The highest BCUT2D eigenvalue weighted by molar-refractivity contribution is 4.77. The van der Waals surface area contributed by atoms with Crippen LogP contribution in [-0.2, 0) is 4.74 Å². The quantitative estimate of drug-likeness (QED) is 0.723. The zero-order valence-corrected chi connectivity index (χ0v) is 11.1. The first-order valence-corrected chi connectivity index (χ1v) is 6.73. The van der Waals surface area contributed by atoms with E-state index < -0.39 is 0 Å². The average Bonchev–Trinajstić information content (AvgIpc) is 2.75. The summed E-state index contributed by atoms with van der Waals surface area (Å²) in [6.45, 7) is 10.6. The predicted octanol–water partition coefficient (Wildman–Crippen LogP) is 1.86. The van der Waals surface area contributed by atoms with Crippen molar-refractivity contribution in [3.63, 3.8) is 0 Å². The maximum atomic E-state index is 5.89. The van der Waals surface area contributed by atoms with E-state index in [0.717, 1.165) is 26.2 Å². The molecule has 16 heavy (non-hydrogen) atoms. The molecule has 1 fully saturated rings. The van der Waals surface area contributed by atoms with Crippen LogP contribution in [0.4, 0.5) is 0 Å². The molecule has 3 heteroatoms. The maximum Gasteiger partial charge on any atom is 0.0702 e. The minimum absolute atomic E-state index is 0.446. The zero-order valence-electron chi connectivity index (χ0n) is 11.1. The second kappa shape index (κ2) is 7.25. The summed E-state index contributed by atoms with van der Waals surface area (Å²) >= 11 is 0. The van der Waals surface area contributed by atoms with Crippen molar-refractivity contribution in [2.45, 2.75) is 52.2 Å². The van der Waals surface area contributed by atoms with Crippen molar-refractivity contribution in [1.82, 2.24) is 4.90 Å². The van der Waals surface area contributed by atoms with Crippen LogP contribution in [0.3, 0.4) is 0 Å². The van der Waals surface area contributed by atoms with E-state index in [1.807, 2.05) is 0 Å². The molecule has 2 unspecified atom stereocenters. The van der Waals surface area contributed by atoms with Crippen molar-refractivity contribution < 1.29 is 4.74 Å². The van der Waals surface area contributed by atoms with E-state index in [9.17, 15) is 0 Å². The molecule has 96 valence electrons. The third-order valence-electron chi connectivity index (χ3n) is 3.40. The molecular formula is C13H28N2O. The minimum Gasteiger partial charge on any atom is -0.377 e. The van der Waals surface area contributed by atoms with Gasteiger partial charge in [0.15, 0.2) is 0 Å². The topological polar surface area (TPSA) is 38.5 Å². The first-order valence-electron chi connectivity index (χ1n) is 6.73. The van der Waals surface area contributed by atoms with Crippen molar-refractivity contribution in [1.29, 1.82) is 0 Å². The van der Waals surface area contributed by atoms with Crippen LogP contribution >= 0.6 is 0 Å². The van der Waals surface area contributed by atoms with Gasteiger partial charge in [-0.3, -0.25) is 4.90 Å². The number of ether oxygens (including phenoxy) is 1. The Bertz CT molecular complexity index is 179. The summed E-state index contributed by atoms with van der Waals surface area (Å²) in [4.78, 5) is 2.50. The van der Waals surface area contributed by atoms with E-state index in [4.69, 9.17) is 10.5 Å². The SMILES string of the molecule is CCN(CC1CCCO1)C(CN)CC(C)C. The number of hydrogen-bond donors (Lipinski definition) is 1. The molecule has 1 aliphatic rings. The molecule has 2 N–H and O–H groups in total. The molecule has 0 saturated carbocycles. The molecular weight excluding hydrogens is 200 g/mol.